The lowest BCUT2D eigenvalue weighted by molar-refractivity contribution is 0.0739. The number of nitrogens with one attached hydrogen (secondary N) is 1. The van der Waals surface area contributed by atoms with E-state index in [4.69, 9.17) is 16.3 Å². The summed E-state index contributed by atoms with van der Waals surface area (Å²) in [7, 11) is 0. The Balaban J connectivity index is 1.55. The van der Waals surface area contributed by atoms with Crippen LogP contribution >= 0.6 is 11.6 Å². The number of carbonyl (C=O) groups is 1. The van der Waals surface area contributed by atoms with Crippen LogP contribution in [0.5, 0.6) is 11.5 Å². The molecule has 0 spiro atoms. The fourth-order valence-corrected chi connectivity index (χ4v) is 4.54. The number of benzene rings is 2. The molecule has 2 aromatic carbocycles. The highest BCUT2D eigenvalue weighted by Gasteiger charge is 2.42. The summed E-state index contributed by atoms with van der Waals surface area (Å²) in [6.45, 7) is 3.56. The van der Waals surface area contributed by atoms with Crippen molar-refractivity contribution in [1.82, 2.24) is 24.6 Å². The van der Waals surface area contributed by atoms with Crippen molar-refractivity contribution in [2.75, 3.05) is 13.2 Å². The molecule has 0 saturated carbocycles. The van der Waals surface area contributed by atoms with E-state index in [9.17, 15) is 9.90 Å². The van der Waals surface area contributed by atoms with Crippen LogP contribution in [0.1, 0.15) is 41.0 Å². The number of phenolic OH excluding ortho intramolecular Hbond substituents is 1. The van der Waals surface area contributed by atoms with Crippen LogP contribution in [0.2, 0.25) is 5.02 Å². The molecule has 3 heterocycles. The number of imidazole rings is 1. The monoisotopic (exact) mass is 477 g/mol. The van der Waals surface area contributed by atoms with Gasteiger partial charge in [0.15, 0.2) is 11.5 Å². The van der Waals surface area contributed by atoms with Gasteiger partial charge >= 0.3 is 0 Å². The van der Waals surface area contributed by atoms with E-state index in [2.05, 4.69) is 15.2 Å². The second kappa shape index (κ2) is 9.23. The molecule has 1 unspecified atom stereocenters. The number of H-pyrrole nitrogens is 1. The van der Waals surface area contributed by atoms with Gasteiger partial charge in [-0.1, -0.05) is 29.8 Å². The van der Waals surface area contributed by atoms with Crippen LogP contribution < -0.4 is 4.74 Å². The Morgan fingerprint density at radius 1 is 1.18 bits per heavy atom. The Labute approximate surface area is 201 Å². The van der Waals surface area contributed by atoms with E-state index < -0.39 is 0 Å². The summed E-state index contributed by atoms with van der Waals surface area (Å²) in [4.78, 5) is 19.4. The molecule has 2 aromatic heterocycles. The number of aryl methyl sites for hydroxylation is 1. The summed E-state index contributed by atoms with van der Waals surface area (Å²) in [5, 5.41) is 18.3. The first kappa shape index (κ1) is 22.0. The van der Waals surface area contributed by atoms with Gasteiger partial charge in [-0.25, -0.2) is 4.98 Å². The summed E-state index contributed by atoms with van der Waals surface area (Å²) >= 11 is 6.09. The number of nitrogens with zero attached hydrogens (tertiary/aromatic N) is 4. The molecule has 1 atom stereocenters. The third-order valence-corrected chi connectivity index (χ3v) is 6.21. The maximum absolute atomic E-state index is 13.5. The second-order valence-electron chi connectivity index (χ2n) is 8.08. The Hall–Kier alpha value is -3.78. The Kier molecular flexibility index (Phi) is 5.98. The highest BCUT2D eigenvalue weighted by atomic mass is 35.5. The van der Waals surface area contributed by atoms with Gasteiger partial charge in [0.05, 0.1) is 24.7 Å². The van der Waals surface area contributed by atoms with Crippen molar-refractivity contribution in [3.05, 3.63) is 83.0 Å². The SMILES string of the molecule is CCOc1cc(C2c3c(-c4ccc(Cl)cc4)n[nH]c3C(=O)N2CCCn2ccnc2)ccc1O. The van der Waals surface area contributed by atoms with Gasteiger partial charge in [-0.3, -0.25) is 9.89 Å². The van der Waals surface area contributed by atoms with Gasteiger partial charge < -0.3 is 19.3 Å². The predicted octanol–water partition coefficient (Wildman–Crippen LogP) is 4.67. The van der Waals surface area contributed by atoms with Gasteiger partial charge in [0.1, 0.15) is 5.69 Å². The van der Waals surface area contributed by atoms with Gasteiger partial charge in [-0.05, 0) is 43.2 Å². The number of rotatable bonds is 8. The minimum Gasteiger partial charge on any atom is -0.504 e. The number of hydrogen-bond donors (Lipinski definition) is 2. The van der Waals surface area contributed by atoms with Crippen LogP contribution in [0.4, 0.5) is 0 Å². The van der Waals surface area contributed by atoms with Gasteiger partial charge in [0.25, 0.3) is 5.91 Å². The van der Waals surface area contributed by atoms with E-state index in [0.29, 0.717) is 35.3 Å². The molecule has 8 nitrogen and oxygen atoms in total. The zero-order valence-electron chi connectivity index (χ0n) is 18.6. The first-order valence-electron chi connectivity index (χ1n) is 11.1. The van der Waals surface area contributed by atoms with Gasteiger partial charge in [0.2, 0.25) is 0 Å². The number of amides is 1. The number of hydrogen-bond acceptors (Lipinski definition) is 5. The number of ether oxygens (including phenoxy) is 1. The fourth-order valence-electron chi connectivity index (χ4n) is 4.42. The molecule has 2 N–H and O–H groups in total. The third kappa shape index (κ3) is 4.01. The van der Waals surface area contributed by atoms with E-state index in [1.807, 2.05) is 40.8 Å². The summed E-state index contributed by atoms with van der Waals surface area (Å²) < 4.78 is 7.61. The topological polar surface area (TPSA) is 96.3 Å². The van der Waals surface area contributed by atoms with Crippen molar-refractivity contribution < 1.29 is 14.6 Å². The molecule has 0 fully saturated rings. The average molecular weight is 478 g/mol. The number of aromatic amines is 1. The molecule has 0 aliphatic carbocycles. The Morgan fingerprint density at radius 3 is 2.74 bits per heavy atom. The summed E-state index contributed by atoms with van der Waals surface area (Å²) in [6, 6.07) is 12.2. The van der Waals surface area contributed by atoms with Crippen LogP contribution in [-0.4, -0.2) is 48.8 Å². The van der Waals surface area contributed by atoms with Crippen molar-refractivity contribution in [2.24, 2.45) is 0 Å². The maximum atomic E-state index is 13.5. The molecule has 9 heteroatoms. The minimum atomic E-state index is -0.380. The summed E-state index contributed by atoms with van der Waals surface area (Å²) in [5.41, 5.74) is 3.69. The summed E-state index contributed by atoms with van der Waals surface area (Å²) in [6.07, 6.45) is 6.17. The van der Waals surface area contributed by atoms with Crippen molar-refractivity contribution in [2.45, 2.75) is 25.9 Å². The molecule has 1 amide bonds. The number of aromatic hydroxyl groups is 1. The fraction of sp³-hybridized carbons (Fsp3) is 0.240. The molecule has 0 bridgehead atoms. The number of halogens is 1. The molecule has 174 valence electrons. The first-order valence-corrected chi connectivity index (χ1v) is 11.5. The lowest BCUT2D eigenvalue weighted by Crippen LogP contribution is -2.31. The third-order valence-electron chi connectivity index (χ3n) is 5.96. The molecule has 1 aliphatic rings. The Morgan fingerprint density at radius 2 is 2.00 bits per heavy atom. The largest absolute Gasteiger partial charge is 0.504 e. The van der Waals surface area contributed by atoms with Crippen molar-refractivity contribution in [3.63, 3.8) is 0 Å². The van der Waals surface area contributed by atoms with E-state index in [1.165, 1.54) is 0 Å². The van der Waals surface area contributed by atoms with Crippen LogP contribution in [0.3, 0.4) is 0 Å². The van der Waals surface area contributed by atoms with Crippen molar-refractivity contribution in [3.8, 4) is 22.8 Å². The van der Waals surface area contributed by atoms with E-state index >= 15 is 0 Å². The van der Waals surface area contributed by atoms with Crippen LogP contribution in [0, 0.1) is 0 Å². The predicted molar refractivity (Wildman–Crippen MR) is 128 cm³/mol. The zero-order valence-corrected chi connectivity index (χ0v) is 19.4. The number of phenols is 1. The maximum Gasteiger partial charge on any atom is 0.273 e. The van der Waals surface area contributed by atoms with E-state index in [1.54, 1.807) is 36.8 Å². The highest BCUT2D eigenvalue weighted by Crippen LogP contribution is 2.44. The number of carbonyl (C=O) groups excluding carboxylic acids is 1. The van der Waals surface area contributed by atoms with E-state index in [0.717, 1.165) is 29.7 Å². The quantitative estimate of drug-likeness (QED) is 0.384. The van der Waals surface area contributed by atoms with E-state index in [-0.39, 0.29) is 17.7 Å². The minimum absolute atomic E-state index is 0.0620. The molecule has 1 aliphatic heterocycles. The highest BCUT2D eigenvalue weighted by molar-refractivity contribution is 6.30. The molecule has 4 aromatic rings. The second-order valence-corrected chi connectivity index (χ2v) is 8.52. The van der Waals surface area contributed by atoms with Crippen molar-refractivity contribution in [1.29, 1.82) is 0 Å². The molecule has 5 rings (SSSR count). The Bertz CT molecular complexity index is 1300. The normalized spacial score (nSPS) is 15.1. The van der Waals surface area contributed by atoms with Crippen LogP contribution in [-0.2, 0) is 6.54 Å². The van der Waals surface area contributed by atoms with Crippen LogP contribution in [0.25, 0.3) is 11.3 Å². The molecule has 34 heavy (non-hydrogen) atoms. The average Bonchev–Trinajstić information content (AvgIpc) is 3.56. The van der Waals surface area contributed by atoms with Crippen molar-refractivity contribution >= 4 is 17.5 Å². The number of fused-ring (bicyclic) bond motifs is 1. The lowest BCUT2D eigenvalue weighted by atomic mass is 9.95. The molecular weight excluding hydrogens is 454 g/mol. The molecule has 0 radical (unpaired) electrons. The smallest absolute Gasteiger partial charge is 0.273 e. The molecular formula is C25H24ClN5O3. The standard InChI is InChI=1S/C25H24ClN5O3/c1-2-34-20-14-17(6-9-19(20)32)24-21-22(16-4-7-18(26)8-5-16)28-29-23(21)25(33)31(24)12-3-11-30-13-10-27-15-30/h4-10,13-15,24,32H,2-3,11-12H2,1H3,(H,28,29). The zero-order chi connectivity index (χ0) is 23.7. The van der Waals surface area contributed by atoms with Gasteiger partial charge in [0, 0.05) is 41.6 Å². The van der Waals surface area contributed by atoms with Crippen LogP contribution in [0.15, 0.2) is 61.2 Å². The lowest BCUT2D eigenvalue weighted by Gasteiger charge is -2.27. The van der Waals surface area contributed by atoms with Gasteiger partial charge in [-0.2, -0.15) is 5.10 Å². The molecule has 0 saturated heterocycles. The number of aromatic nitrogens is 4. The summed E-state index contributed by atoms with van der Waals surface area (Å²) in [5.74, 6) is 0.340. The first-order chi connectivity index (χ1) is 16.6. The van der Waals surface area contributed by atoms with Gasteiger partial charge in [-0.15, -0.1) is 0 Å².